The Bertz CT molecular complexity index is 1420. The quantitative estimate of drug-likeness (QED) is 0.445. The zero-order chi connectivity index (χ0) is 22.2. The van der Waals surface area contributed by atoms with Gasteiger partial charge in [0.05, 0.1) is 12.8 Å². The number of pyridine rings is 1. The number of halogens is 1. The summed E-state index contributed by atoms with van der Waals surface area (Å²) in [5.41, 5.74) is 4.65. The number of benzene rings is 2. The van der Waals surface area contributed by atoms with E-state index in [0.29, 0.717) is 22.9 Å². The van der Waals surface area contributed by atoms with Crippen molar-refractivity contribution >= 4 is 22.5 Å². The lowest BCUT2D eigenvalue weighted by Gasteiger charge is -2.12. The molecule has 0 saturated heterocycles. The number of methoxy groups -OCH3 is 1. The molecular weight excluding hydrogens is 409 g/mol. The van der Waals surface area contributed by atoms with Crippen molar-refractivity contribution < 1.29 is 9.13 Å². The molecule has 2 aromatic carbocycles. The summed E-state index contributed by atoms with van der Waals surface area (Å²) in [6.45, 7) is 1.83. The van der Waals surface area contributed by atoms with Gasteiger partial charge in [-0.05, 0) is 49.4 Å². The van der Waals surface area contributed by atoms with Crippen LogP contribution in [-0.2, 0) is 7.05 Å². The first kappa shape index (κ1) is 19.7. The summed E-state index contributed by atoms with van der Waals surface area (Å²) in [6.07, 6.45) is 3.38. The third-order valence-electron chi connectivity index (χ3n) is 5.17. The molecule has 0 aliphatic rings. The number of anilines is 2. The summed E-state index contributed by atoms with van der Waals surface area (Å²) >= 11 is 0. The lowest BCUT2D eigenvalue weighted by atomic mass is 10.2. The van der Waals surface area contributed by atoms with Crippen molar-refractivity contribution in [1.29, 1.82) is 0 Å². The third kappa shape index (κ3) is 3.43. The molecule has 0 spiro atoms. The first-order valence-corrected chi connectivity index (χ1v) is 9.94. The normalized spacial score (nSPS) is 11.1. The number of hydrogen-bond acceptors (Lipinski definition) is 6. The van der Waals surface area contributed by atoms with E-state index in [0.717, 1.165) is 28.3 Å². The van der Waals surface area contributed by atoms with Crippen LogP contribution in [0.5, 0.6) is 5.75 Å². The largest absolute Gasteiger partial charge is 0.494 e. The number of imidazole rings is 1. The van der Waals surface area contributed by atoms with Gasteiger partial charge in [-0.1, -0.05) is 0 Å². The molecule has 0 radical (unpaired) electrons. The number of nitrogens with one attached hydrogen (secondary N) is 1. The van der Waals surface area contributed by atoms with Crippen molar-refractivity contribution in [3.05, 3.63) is 72.7 Å². The van der Waals surface area contributed by atoms with Crippen molar-refractivity contribution in [2.45, 2.75) is 6.92 Å². The van der Waals surface area contributed by atoms with E-state index in [1.165, 1.54) is 12.1 Å². The zero-order valence-electron chi connectivity index (χ0n) is 17.7. The summed E-state index contributed by atoms with van der Waals surface area (Å²) in [4.78, 5) is 13.4. The number of hydrogen-bond donors (Lipinski definition) is 1. The van der Waals surface area contributed by atoms with Crippen LogP contribution in [0.25, 0.3) is 28.2 Å². The van der Waals surface area contributed by atoms with Crippen molar-refractivity contribution in [1.82, 2.24) is 29.3 Å². The Kier molecular flexibility index (Phi) is 4.78. The Morgan fingerprint density at radius 2 is 1.84 bits per heavy atom. The molecule has 0 fully saturated rings. The minimum absolute atomic E-state index is 0.286. The second-order valence-electron chi connectivity index (χ2n) is 7.28. The Labute approximate surface area is 183 Å². The van der Waals surface area contributed by atoms with Crippen LogP contribution >= 0.6 is 0 Å². The molecule has 3 aromatic heterocycles. The summed E-state index contributed by atoms with van der Waals surface area (Å²) in [5.74, 6) is 1.75. The minimum atomic E-state index is -0.286. The zero-order valence-corrected chi connectivity index (χ0v) is 17.7. The molecule has 1 N–H and O–H groups in total. The van der Waals surface area contributed by atoms with Gasteiger partial charge in [0.25, 0.3) is 0 Å². The monoisotopic (exact) mass is 429 g/mol. The van der Waals surface area contributed by atoms with Gasteiger partial charge in [0.2, 0.25) is 0 Å². The average molecular weight is 429 g/mol. The molecule has 8 nitrogen and oxygen atoms in total. The third-order valence-corrected chi connectivity index (χ3v) is 5.17. The van der Waals surface area contributed by atoms with Gasteiger partial charge in [0, 0.05) is 30.6 Å². The van der Waals surface area contributed by atoms with Crippen LogP contribution in [0.2, 0.25) is 0 Å². The molecule has 0 unspecified atom stereocenters. The van der Waals surface area contributed by atoms with Gasteiger partial charge >= 0.3 is 0 Å². The predicted octanol–water partition coefficient (Wildman–Crippen LogP) is 4.42. The van der Waals surface area contributed by atoms with Crippen LogP contribution in [0, 0.1) is 12.7 Å². The SMILES string of the molecule is COc1cc(Nc2ccnc3c2nc(-c2ccc(F)cc2)n3C)ccc1-n1cnc(C)n1. The molecule has 160 valence electrons. The maximum absolute atomic E-state index is 13.3. The van der Waals surface area contributed by atoms with Gasteiger partial charge in [-0.15, -0.1) is 0 Å². The van der Waals surface area contributed by atoms with Crippen LogP contribution in [0.3, 0.4) is 0 Å². The maximum atomic E-state index is 13.3. The Morgan fingerprint density at radius 3 is 2.56 bits per heavy atom. The topological polar surface area (TPSA) is 82.7 Å². The average Bonchev–Trinajstić information content (AvgIpc) is 3.38. The van der Waals surface area contributed by atoms with E-state index in [2.05, 4.69) is 20.4 Å². The minimum Gasteiger partial charge on any atom is -0.494 e. The number of aromatic nitrogens is 6. The van der Waals surface area contributed by atoms with Gasteiger partial charge < -0.3 is 14.6 Å². The van der Waals surface area contributed by atoms with Crippen molar-refractivity contribution in [2.24, 2.45) is 7.05 Å². The van der Waals surface area contributed by atoms with Crippen LogP contribution < -0.4 is 10.1 Å². The fraction of sp³-hybridized carbons (Fsp3) is 0.130. The molecule has 0 aliphatic carbocycles. The highest BCUT2D eigenvalue weighted by molar-refractivity contribution is 5.90. The summed E-state index contributed by atoms with van der Waals surface area (Å²) in [5, 5.41) is 7.76. The first-order valence-electron chi connectivity index (χ1n) is 9.94. The van der Waals surface area contributed by atoms with Crippen molar-refractivity contribution in [3.63, 3.8) is 0 Å². The molecule has 32 heavy (non-hydrogen) atoms. The number of ether oxygens (including phenoxy) is 1. The van der Waals surface area contributed by atoms with E-state index in [1.54, 1.807) is 36.4 Å². The second kappa shape index (κ2) is 7.77. The lowest BCUT2D eigenvalue weighted by Crippen LogP contribution is -2.00. The van der Waals surface area contributed by atoms with E-state index < -0.39 is 0 Å². The number of rotatable bonds is 5. The van der Waals surface area contributed by atoms with E-state index in [1.807, 2.05) is 42.8 Å². The lowest BCUT2D eigenvalue weighted by molar-refractivity contribution is 0.412. The Balaban J connectivity index is 1.53. The summed E-state index contributed by atoms with van der Waals surface area (Å²) < 4.78 is 22.5. The highest BCUT2D eigenvalue weighted by atomic mass is 19.1. The molecule has 0 amide bonds. The molecule has 5 aromatic rings. The molecule has 9 heteroatoms. The number of aryl methyl sites for hydroxylation is 2. The fourth-order valence-electron chi connectivity index (χ4n) is 3.60. The fourth-order valence-corrected chi connectivity index (χ4v) is 3.60. The second-order valence-corrected chi connectivity index (χ2v) is 7.28. The van der Waals surface area contributed by atoms with Gasteiger partial charge in [-0.25, -0.2) is 24.0 Å². The molecule has 0 atom stereocenters. The Morgan fingerprint density at radius 1 is 1.03 bits per heavy atom. The molecule has 0 bridgehead atoms. The van der Waals surface area contributed by atoms with Crippen molar-refractivity contribution in [2.75, 3.05) is 12.4 Å². The summed E-state index contributed by atoms with van der Waals surface area (Å²) in [7, 11) is 3.51. The molecule has 0 aliphatic heterocycles. The van der Waals surface area contributed by atoms with Crippen LogP contribution in [0.15, 0.2) is 61.1 Å². The molecule has 0 saturated carbocycles. The van der Waals surface area contributed by atoms with E-state index >= 15 is 0 Å². The predicted molar refractivity (Wildman–Crippen MR) is 120 cm³/mol. The van der Waals surface area contributed by atoms with Gasteiger partial charge in [0.1, 0.15) is 40.7 Å². The van der Waals surface area contributed by atoms with Crippen molar-refractivity contribution in [3.8, 4) is 22.8 Å². The van der Waals surface area contributed by atoms with Gasteiger partial charge in [0.15, 0.2) is 5.65 Å². The number of nitrogens with zero attached hydrogens (tertiary/aromatic N) is 6. The smallest absolute Gasteiger partial charge is 0.162 e. The Hall–Kier alpha value is -4.27. The van der Waals surface area contributed by atoms with E-state index in [-0.39, 0.29) is 5.82 Å². The molecule has 3 heterocycles. The molecule has 5 rings (SSSR count). The van der Waals surface area contributed by atoms with E-state index in [4.69, 9.17) is 9.72 Å². The highest BCUT2D eigenvalue weighted by Crippen LogP contribution is 2.31. The van der Waals surface area contributed by atoms with Gasteiger partial charge in [-0.2, -0.15) is 5.10 Å². The van der Waals surface area contributed by atoms with Gasteiger partial charge in [-0.3, -0.25) is 0 Å². The first-order chi connectivity index (χ1) is 15.5. The highest BCUT2D eigenvalue weighted by Gasteiger charge is 2.15. The summed E-state index contributed by atoms with van der Waals surface area (Å²) in [6, 6.07) is 13.9. The van der Waals surface area contributed by atoms with Crippen LogP contribution in [0.4, 0.5) is 15.8 Å². The molecular formula is C23H20FN7O. The number of fused-ring (bicyclic) bond motifs is 1. The standard InChI is InChI=1S/C23H20FN7O/c1-14-26-13-31(29-14)19-9-8-17(12-20(19)32-3)27-18-10-11-25-23-21(18)28-22(30(23)2)15-4-6-16(24)7-5-15/h4-13H,1-3H3,(H,25,27). The van der Waals surface area contributed by atoms with E-state index in [9.17, 15) is 4.39 Å². The van der Waals surface area contributed by atoms with Crippen LogP contribution in [0.1, 0.15) is 5.82 Å². The maximum Gasteiger partial charge on any atom is 0.162 e. The van der Waals surface area contributed by atoms with Crippen LogP contribution in [-0.4, -0.2) is 36.4 Å².